The zero-order valence-corrected chi connectivity index (χ0v) is 12.2. The number of benzene rings is 1. The third kappa shape index (κ3) is 2.17. The highest BCUT2D eigenvalue weighted by molar-refractivity contribution is 5.83. The van der Waals surface area contributed by atoms with E-state index in [2.05, 4.69) is 6.07 Å². The maximum absolute atomic E-state index is 12.9. The molecule has 0 radical (unpaired) electrons. The second kappa shape index (κ2) is 5.11. The van der Waals surface area contributed by atoms with Crippen LogP contribution in [-0.2, 0) is 16.0 Å². The quantitative estimate of drug-likeness (QED) is 0.851. The maximum Gasteiger partial charge on any atom is 0.256 e. The van der Waals surface area contributed by atoms with Crippen molar-refractivity contribution in [2.45, 2.75) is 31.4 Å². The summed E-state index contributed by atoms with van der Waals surface area (Å²) in [5.41, 5.74) is 8.47. The van der Waals surface area contributed by atoms with Crippen LogP contribution in [0.15, 0.2) is 24.3 Å². The second-order valence-corrected chi connectivity index (χ2v) is 6.61. The maximum atomic E-state index is 12.9. The smallest absolute Gasteiger partial charge is 0.256 e. The van der Waals surface area contributed by atoms with Gasteiger partial charge >= 0.3 is 0 Å². The summed E-state index contributed by atoms with van der Waals surface area (Å²) in [5, 5.41) is 0. The molecule has 4 heteroatoms. The third-order valence-corrected chi connectivity index (χ3v) is 5.44. The minimum absolute atomic E-state index is 0.128. The summed E-state index contributed by atoms with van der Waals surface area (Å²) in [6.07, 6.45) is 2.76. The Kier molecular flexibility index (Phi) is 3.23. The van der Waals surface area contributed by atoms with Gasteiger partial charge in [-0.25, -0.2) is 0 Å². The molecule has 4 nitrogen and oxygen atoms in total. The van der Waals surface area contributed by atoms with Crippen LogP contribution in [0.1, 0.15) is 30.1 Å². The summed E-state index contributed by atoms with van der Waals surface area (Å²) in [5.74, 6) is 1.22. The van der Waals surface area contributed by atoms with Crippen molar-refractivity contribution in [2.75, 3.05) is 19.7 Å². The van der Waals surface area contributed by atoms with Crippen LogP contribution in [0.2, 0.25) is 0 Å². The Hall–Kier alpha value is -1.39. The summed E-state index contributed by atoms with van der Waals surface area (Å²) in [6.45, 7) is 2.31. The number of carbonyl (C=O) groups is 1. The summed E-state index contributed by atoms with van der Waals surface area (Å²) in [6, 6.07) is 8.42. The Morgan fingerprint density at radius 2 is 2.10 bits per heavy atom. The number of rotatable bonds is 1. The van der Waals surface area contributed by atoms with Crippen molar-refractivity contribution in [2.24, 2.45) is 17.6 Å². The molecule has 1 amide bonds. The molecule has 4 rings (SSSR count). The zero-order valence-electron chi connectivity index (χ0n) is 12.2. The molecule has 0 spiro atoms. The number of hydrogen-bond acceptors (Lipinski definition) is 3. The van der Waals surface area contributed by atoms with Crippen LogP contribution in [-0.4, -0.2) is 36.5 Å². The molecule has 112 valence electrons. The van der Waals surface area contributed by atoms with Gasteiger partial charge in [0, 0.05) is 19.1 Å². The van der Waals surface area contributed by atoms with E-state index in [1.165, 1.54) is 5.56 Å². The zero-order chi connectivity index (χ0) is 14.4. The number of fused-ring (bicyclic) bond motifs is 2. The molecule has 2 fully saturated rings. The first kappa shape index (κ1) is 13.3. The lowest BCUT2D eigenvalue weighted by Gasteiger charge is -2.29. The van der Waals surface area contributed by atoms with Gasteiger partial charge in [-0.15, -0.1) is 0 Å². The predicted molar refractivity (Wildman–Crippen MR) is 79.6 cm³/mol. The van der Waals surface area contributed by atoms with E-state index in [1.807, 2.05) is 23.1 Å². The lowest BCUT2D eigenvalue weighted by Crippen LogP contribution is -2.38. The van der Waals surface area contributed by atoms with Gasteiger partial charge in [0.2, 0.25) is 0 Å². The summed E-state index contributed by atoms with van der Waals surface area (Å²) < 4.78 is 5.81. The molecule has 0 bridgehead atoms. The van der Waals surface area contributed by atoms with Crippen molar-refractivity contribution >= 4 is 5.91 Å². The minimum atomic E-state index is -0.412. The van der Waals surface area contributed by atoms with Crippen molar-refractivity contribution in [1.82, 2.24) is 4.90 Å². The van der Waals surface area contributed by atoms with Gasteiger partial charge < -0.3 is 15.4 Å². The van der Waals surface area contributed by atoms with Gasteiger partial charge in [0.1, 0.15) is 0 Å². The van der Waals surface area contributed by atoms with Gasteiger partial charge in [-0.2, -0.15) is 0 Å². The Labute approximate surface area is 125 Å². The molecule has 21 heavy (non-hydrogen) atoms. The van der Waals surface area contributed by atoms with Gasteiger partial charge in [0.15, 0.2) is 6.10 Å². The van der Waals surface area contributed by atoms with E-state index in [-0.39, 0.29) is 11.9 Å². The molecule has 4 atom stereocenters. The van der Waals surface area contributed by atoms with Crippen LogP contribution in [0, 0.1) is 11.8 Å². The molecule has 3 aliphatic rings. The van der Waals surface area contributed by atoms with E-state index in [9.17, 15) is 4.79 Å². The molecule has 2 N–H and O–H groups in total. The molecule has 1 saturated carbocycles. The molecule has 2 aliphatic heterocycles. The summed E-state index contributed by atoms with van der Waals surface area (Å²) in [7, 11) is 0. The number of likely N-dealkylation sites (tertiary alicyclic amines) is 1. The van der Waals surface area contributed by atoms with E-state index in [0.29, 0.717) is 18.4 Å². The van der Waals surface area contributed by atoms with Gasteiger partial charge in [-0.1, -0.05) is 24.3 Å². The monoisotopic (exact) mass is 286 g/mol. The lowest BCUT2D eigenvalue weighted by molar-refractivity contribution is -0.144. The Morgan fingerprint density at radius 1 is 1.24 bits per heavy atom. The first-order chi connectivity index (χ1) is 10.2. The number of carbonyl (C=O) groups excluding carboxylic acids is 1. The van der Waals surface area contributed by atoms with E-state index < -0.39 is 6.10 Å². The highest BCUT2D eigenvalue weighted by Gasteiger charge is 2.44. The van der Waals surface area contributed by atoms with Crippen LogP contribution in [0.25, 0.3) is 0 Å². The van der Waals surface area contributed by atoms with Crippen molar-refractivity contribution in [3.8, 4) is 0 Å². The van der Waals surface area contributed by atoms with Crippen molar-refractivity contribution in [1.29, 1.82) is 0 Å². The molecular weight excluding hydrogens is 264 g/mol. The van der Waals surface area contributed by atoms with Crippen LogP contribution < -0.4 is 5.73 Å². The average Bonchev–Trinajstić information content (AvgIpc) is 3.08. The van der Waals surface area contributed by atoms with Crippen LogP contribution >= 0.6 is 0 Å². The fraction of sp³-hybridized carbons (Fsp3) is 0.588. The van der Waals surface area contributed by atoms with Crippen LogP contribution in [0.4, 0.5) is 0 Å². The van der Waals surface area contributed by atoms with Gasteiger partial charge in [0.25, 0.3) is 5.91 Å². The number of nitrogens with zero attached hydrogens (tertiary/aromatic N) is 1. The third-order valence-electron chi connectivity index (χ3n) is 5.44. The lowest BCUT2D eigenvalue weighted by atomic mass is 9.97. The van der Waals surface area contributed by atoms with Gasteiger partial charge in [-0.3, -0.25) is 4.79 Å². The SMILES string of the molecule is N[C@@H]1CC[C@@H]2CN(C(=O)[C@@H]3OCCc4ccccc43)C[C@H]21. The van der Waals surface area contributed by atoms with E-state index in [1.54, 1.807) is 0 Å². The second-order valence-electron chi connectivity index (χ2n) is 6.61. The van der Waals surface area contributed by atoms with Gasteiger partial charge in [0.05, 0.1) is 6.61 Å². The highest BCUT2D eigenvalue weighted by atomic mass is 16.5. The van der Waals surface area contributed by atoms with Crippen LogP contribution in [0.5, 0.6) is 0 Å². The first-order valence-corrected chi connectivity index (χ1v) is 7.98. The fourth-order valence-electron chi connectivity index (χ4n) is 4.25. The van der Waals surface area contributed by atoms with Gasteiger partial charge in [-0.05, 0) is 42.2 Å². The largest absolute Gasteiger partial charge is 0.363 e. The molecule has 0 aromatic heterocycles. The van der Waals surface area contributed by atoms with Crippen molar-refractivity contribution in [3.63, 3.8) is 0 Å². The number of hydrogen-bond donors (Lipinski definition) is 1. The van der Waals surface area contributed by atoms with E-state index >= 15 is 0 Å². The summed E-state index contributed by atoms with van der Waals surface area (Å²) in [4.78, 5) is 14.8. The van der Waals surface area contributed by atoms with E-state index in [0.717, 1.165) is 37.9 Å². The molecule has 1 aromatic carbocycles. The standard InChI is InChI=1S/C17H22N2O2/c18-15-6-5-12-9-19(10-14(12)15)17(20)16-13-4-2-1-3-11(13)7-8-21-16/h1-4,12,14-16H,5-10,18H2/t12-,14-,15-,16-/m1/s1. The number of nitrogens with two attached hydrogens (primary N) is 1. The number of ether oxygens (including phenoxy) is 1. The molecular formula is C17H22N2O2. The van der Waals surface area contributed by atoms with E-state index in [4.69, 9.17) is 10.5 Å². The topological polar surface area (TPSA) is 55.6 Å². The highest BCUT2D eigenvalue weighted by Crippen LogP contribution is 2.39. The molecule has 2 heterocycles. The molecule has 0 unspecified atom stereocenters. The Balaban J connectivity index is 1.54. The molecule has 1 aliphatic carbocycles. The Bertz CT molecular complexity index is 559. The first-order valence-electron chi connectivity index (χ1n) is 7.98. The predicted octanol–water partition coefficient (Wildman–Crippen LogP) is 1.50. The Morgan fingerprint density at radius 3 is 2.95 bits per heavy atom. The average molecular weight is 286 g/mol. The molecule has 1 saturated heterocycles. The normalized spacial score (nSPS) is 34.6. The summed E-state index contributed by atoms with van der Waals surface area (Å²) >= 11 is 0. The minimum Gasteiger partial charge on any atom is -0.363 e. The van der Waals surface area contributed by atoms with Crippen molar-refractivity contribution < 1.29 is 9.53 Å². The fourth-order valence-corrected chi connectivity index (χ4v) is 4.25. The van der Waals surface area contributed by atoms with Crippen LogP contribution in [0.3, 0.4) is 0 Å². The number of amides is 1. The molecule has 1 aromatic rings. The van der Waals surface area contributed by atoms with Crippen molar-refractivity contribution in [3.05, 3.63) is 35.4 Å².